The van der Waals surface area contributed by atoms with Crippen LogP contribution in [0.25, 0.3) is 0 Å². The van der Waals surface area contributed by atoms with Crippen molar-refractivity contribution in [2.24, 2.45) is 0 Å². The van der Waals surface area contributed by atoms with E-state index in [1.54, 1.807) is 17.0 Å². The molecule has 1 aliphatic heterocycles. The number of hydrogen-bond donors (Lipinski definition) is 1. The highest BCUT2D eigenvalue weighted by Crippen LogP contribution is 2.24. The van der Waals surface area contributed by atoms with E-state index >= 15 is 0 Å². The van der Waals surface area contributed by atoms with Crippen LogP contribution in [0.15, 0.2) is 29.2 Å². The lowest BCUT2D eigenvalue weighted by atomic mass is 10.3. The van der Waals surface area contributed by atoms with Crippen molar-refractivity contribution in [1.82, 2.24) is 4.31 Å². The minimum Gasteiger partial charge on any atom is -0.481 e. The number of carbonyl (C=O) groups excluding carboxylic acids is 1. The van der Waals surface area contributed by atoms with Gasteiger partial charge in [-0.3, -0.25) is 9.59 Å². The van der Waals surface area contributed by atoms with E-state index < -0.39 is 16.0 Å². The zero-order valence-corrected chi connectivity index (χ0v) is 13.0. The number of aliphatic carboxylic acids is 1. The summed E-state index contributed by atoms with van der Waals surface area (Å²) in [6.07, 6.45) is 1.06. The summed E-state index contributed by atoms with van der Waals surface area (Å²) < 4.78 is 25.6. The molecule has 120 valence electrons. The normalized spacial score (nSPS) is 15.5. The standard InChI is InChI=1S/C14H18N2O5S/c1-15(10-8-14(18)19)22(20,21)12-6-4-11(5-7-12)16-9-2-3-13(16)17/h4-7H,2-3,8-10H2,1H3,(H,18,19). The average molecular weight is 326 g/mol. The summed E-state index contributed by atoms with van der Waals surface area (Å²) in [5.41, 5.74) is 0.676. The molecule has 1 fully saturated rings. The second kappa shape index (κ2) is 6.45. The number of carboxylic acids is 1. The van der Waals surface area contributed by atoms with Crippen molar-refractivity contribution >= 4 is 27.6 Å². The van der Waals surface area contributed by atoms with Crippen LogP contribution in [0.2, 0.25) is 0 Å². The van der Waals surface area contributed by atoms with Crippen molar-refractivity contribution in [2.45, 2.75) is 24.2 Å². The Kier molecular flexibility index (Phi) is 4.82. The number of nitrogens with zero attached hydrogens (tertiary/aromatic N) is 2. The lowest BCUT2D eigenvalue weighted by molar-refractivity contribution is -0.137. The van der Waals surface area contributed by atoms with Gasteiger partial charge >= 0.3 is 5.97 Å². The number of rotatable bonds is 6. The maximum absolute atomic E-state index is 12.3. The summed E-state index contributed by atoms with van der Waals surface area (Å²) in [6.45, 7) is 0.549. The minimum absolute atomic E-state index is 0.0363. The maximum Gasteiger partial charge on any atom is 0.304 e. The zero-order valence-electron chi connectivity index (χ0n) is 12.2. The Bertz CT molecular complexity index is 669. The van der Waals surface area contributed by atoms with E-state index in [9.17, 15) is 18.0 Å². The van der Waals surface area contributed by atoms with Gasteiger partial charge in [-0.1, -0.05) is 0 Å². The summed E-state index contributed by atoms with van der Waals surface area (Å²) in [7, 11) is -2.38. The molecule has 22 heavy (non-hydrogen) atoms. The van der Waals surface area contributed by atoms with Crippen LogP contribution in [-0.4, -0.2) is 49.8 Å². The topological polar surface area (TPSA) is 95.0 Å². The fourth-order valence-electron chi connectivity index (χ4n) is 2.27. The van der Waals surface area contributed by atoms with Crippen LogP contribution in [0.4, 0.5) is 5.69 Å². The second-order valence-corrected chi connectivity index (χ2v) is 7.16. The summed E-state index contributed by atoms with van der Waals surface area (Å²) in [5, 5.41) is 8.62. The van der Waals surface area contributed by atoms with Gasteiger partial charge in [-0.25, -0.2) is 12.7 Å². The Morgan fingerprint density at radius 3 is 2.45 bits per heavy atom. The molecule has 0 unspecified atom stereocenters. The quantitative estimate of drug-likeness (QED) is 0.838. The molecule has 1 heterocycles. The number of anilines is 1. The Labute approximate surface area is 129 Å². The lowest BCUT2D eigenvalue weighted by Gasteiger charge is -2.18. The number of hydrogen-bond acceptors (Lipinski definition) is 4. The lowest BCUT2D eigenvalue weighted by Crippen LogP contribution is -2.29. The molecule has 0 atom stereocenters. The molecule has 1 aromatic carbocycles. The fraction of sp³-hybridized carbons (Fsp3) is 0.429. The molecule has 7 nitrogen and oxygen atoms in total. The van der Waals surface area contributed by atoms with E-state index in [2.05, 4.69) is 0 Å². The number of amides is 1. The molecule has 1 aromatic rings. The number of benzene rings is 1. The molecule has 2 rings (SSSR count). The maximum atomic E-state index is 12.3. The molecular weight excluding hydrogens is 308 g/mol. The smallest absolute Gasteiger partial charge is 0.304 e. The summed E-state index contributed by atoms with van der Waals surface area (Å²) in [6, 6.07) is 6.07. The van der Waals surface area contributed by atoms with Crippen LogP contribution in [-0.2, 0) is 19.6 Å². The van der Waals surface area contributed by atoms with Gasteiger partial charge in [0, 0.05) is 32.2 Å². The monoisotopic (exact) mass is 326 g/mol. The average Bonchev–Trinajstić information content (AvgIpc) is 2.91. The van der Waals surface area contributed by atoms with Crippen molar-refractivity contribution in [3.63, 3.8) is 0 Å². The van der Waals surface area contributed by atoms with E-state index in [0.29, 0.717) is 18.7 Å². The number of sulfonamides is 1. The van der Waals surface area contributed by atoms with E-state index in [1.807, 2.05) is 0 Å². The van der Waals surface area contributed by atoms with Gasteiger partial charge in [-0.15, -0.1) is 0 Å². The molecule has 0 saturated carbocycles. The number of carbonyl (C=O) groups is 2. The fourth-order valence-corrected chi connectivity index (χ4v) is 3.44. The highest BCUT2D eigenvalue weighted by molar-refractivity contribution is 7.89. The van der Waals surface area contributed by atoms with Crippen molar-refractivity contribution in [3.8, 4) is 0 Å². The van der Waals surface area contributed by atoms with E-state index in [1.165, 1.54) is 19.2 Å². The van der Waals surface area contributed by atoms with Gasteiger partial charge in [0.05, 0.1) is 11.3 Å². The SMILES string of the molecule is CN(CCC(=O)O)S(=O)(=O)c1ccc(N2CCCC2=O)cc1. The van der Waals surface area contributed by atoms with Crippen molar-refractivity contribution in [2.75, 3.05) is 25.0 Å². The first-order valence-corrected chi connectivity index (χ1v) is 8.35. The third-order valence-electron chi connectivity index (χ3n) is 3.57. The zero-order chi connectivity index (χ0) is 16.3. The van der Waals surface area contributed by atoms with Gasteiger partial charge in [-0.2, -0.15) is 0 Å². The summed E-state index contributed by atoms with van der Waals surface area (Å²) in [4.78, 5) is 23.9. The van der Waals surface area contributed by atoms with Crippen LogP contribution in [0.5, 0.6) is 0 Å². The van der Waals surface area contributed by atoms with Gasteiger partial charge < -0.3 is 10.0 Å². The van der Waals surface area contributed by atoms with E-state index in [-0.39, 0.29) is 23.8 Å². The van der Waals surface area contributed by atoms with Gasteiger partial charge in [0.25, 0.3) is 0 Å². The van der Waals surface area contributed by atoms with Crippen LogP contribution >= 0.6 is 0 Å². The van der Waals surface area contributed by atoms with Gasteiger partial charge in [0.1, 0.15) is 0 Å². The van der Waals surface area contributed by atoms with Gasteiger partial charge in [0.2, 0.25) is 15.9 Å². The Morgan fingerprint density at radius 2 is 1.95 bits per heavy atom. The predicted molar refractivity (Wildman–Crippen MR) is 80.1 cm³/mol. The first kappa shape index (κ1) is 16.4. The first-order valence-electron chi connectivity index (χ1n) is 6.91. The van der Waals surface area contributed by atoms with Gasteiger partial charge in [-0.05, 0) is 30.7 Å². The molecule has 0 aliphatic carbocycles. The number of carboxylic acid groups (broad SMARTS) is 1. The van der Waals surface area contributed by atoms with Crippen LogP contribution in [0.1, 0.15) is 19.3 Å². The van der Waals surface area contributed by atoms with Crippen LogP contribution < -0.4 is 4.90 Å². The minimum atomic E-state index is -3.72. The van der Waals surface area contributed by atoms with Crippen molar-refractivity contribution in [3.05, 3.63) is 24.3 Å². The highest BCUT2D eigenvalue weighted by Gasteiger charge is 2.24. The molecular formula is C14H18N2O5S. The van der Waals surface area contributed by atoms with Crippen molar-refractivity contribution in [1.29, 1.82) is 0 Å². The third kappa shape index (κ3) is 3.45. The molecule has 1 aliphatic rings. The van der Waals surface area contributed by atoms with Crippen molar-refractivity contribution < 1.29 is 23.1 Å². The van der Waals surface area contributed by atoms with Crippen LogP contribution in [0, 0.1) is 0 Å². The Balaban J connectivity index is 2.15. The largest absolute Gasteiger partial charge is 0.481 e. The molecule has 1 amide bonds. The van der Waals surface area contributed by atoms with E-state index in [0.717, 1.165) is 10.7 Å². The van der Waals surface area contributed by atoms with E-state index in [4.69, 9.17) is 5.11 Å². The summed E-state index contributed by atoms with van der Waals surface area (Å²) >= 11 is 0. The molecule has 1 N–H and O–H groups in total. The Morgan fingerprint density at radius 1 is 1.32 bits per heavy atom. The van der Waals surface area contributed by atoms with Gasteiger partial charge in [0.15, 0.2) is 0 Å². The molecule has 0 spiro atoms. The molecule has 1 saturated heterocycles. The third-order valence-corrected chi connectivity index (χ3v) is 5.44. The Hall–Kier alpha value is -1.93. The second-order valence-electron chi connectivity index (χ2n) is 5.11. The van der Waals surface area contributed by atoms with Crippen LogP contribution in [0.3, 0.4) is 0 Å². The molecule has 0 bridgehead atoms. The summed E-state index contributed by atoms with van der Waals surface area (Å²) in [5.74, 6) is -1.01. The first-order chi connectivity index (χ1) is 10.3. The molecule has 0 radical (unpaired) electrons. The molecule has 0 aromatic heterocycles. The predicted octanol–water partition coefficient (Wildman–Crippen LogP) is 0.909. The highest BCUT2D eigenvalue weighted by atomic mass is 32.2. The molecule has 8 heteroatoms.